The lowest BCUT2D eigenvalue weighted by Gasteiger charge is -2.23. The van der Waals surface area contributed by atoms with Crippen molar-refractivity contribution in [2.75, 3.05) is 47.5 Å². The number of quaternary nitrogens is 1. The summed E-state index contributed by atoms with van der Waals surface area (Å²) in [7, 11) is 6.23. The smallest absolute Gasteiger partial charge is 0.305 e. The Kier molecular flexibility index (Phi) is 18.3. The first-order valence-corrected chi connectivity index (χ1v) is 6.12. The average molecular weight is 393 g/mol. The van der Waals surface area contributed by atoms with Gasteiger partial charge in [0.1, 0.15) is 19.3 Å². The lowest BCUT2D eigenvalue weighted by Crippen LogP contribution is -3.00. The molecule has 0 saturated heterocycles. The molecule has 0 amide bonds. The summed E-state index contributed by atoms with van der Waals surface area (Å²) in [5.74, 6) is -0.0778. The monoisotopic (exact) mass is 393 g/mol. The Labute approximate surface area is 133 Å². The van der Waals surface area contributed by atoms with Gasteiger partial charge in [0.15, 0.2) is 0 Å². The molecule has 0 aromatic carbocycles. The Morgan fingerprint density at radius 1 is 1.21 bits per heavy atom. The molecule has 118 valence electrons. The zero-order chi connectivity index (χ0) is 14.6. The van der Waals surface area contributed by atoms with Crippen LogP contribution in [0.4, 0.5) is 0 Å². The summed E-state index contributed by atoms with van der Waals surface area (Å²) in [4.78, 5) is 10.9. The molecule has 19 heavy (non-hydrogen) atoms. The van der Waals surface area contributed by atoms with E-state index in [0.29, 0.717) is 13.0 Å². The number of halogens is 1. The maximum absolute atomic E-state index is 10.9. The molecule has 7 heteroatoms. The third-order valence-corrected chi connectivity index (χ3v) is 1.90. The molecule has 0 atom stereocenters. The number of rotatable bonds is 7. The van der Waals surface area contributed by atoms with Crippen molar-refractivity contribution in [1.82, 2.24) is 0 Å². The molecule has 0 spiro atoms. The highest BCUT2D eigenvalue weighted by atomic mass is 127. The second-order valence-electron chi connectivity index (χ2n) is 5.00. The number of esters is 1. The van der Waals surface area contributed by atoms with Gasteiger partial charge in [-0.3, -0.25) is 4.79 Å². The SMILES string of the molecule is CCCC(=O)OCC[N+](C)(C)C.OCC(O)CO.[I-]. The van der Waals surface area contributed by atoms with Crippen molar-refractivity contribution < 1.29 is 53.3 Å². The van der Waals surface area contributed by atoms with E-state index in [2.05, 4.69) is 21.1 Å². The summed E-state index contributed by atoms with van der Waals surface area (Å²) >= 11 is 0. The Morgan fingerprint density at radius 3 is 1.95 bits per heavy atom. The number of aliphatic hydroxyl groups is 3. The van der Waals surface area contributed by atoms with E-state index in [4.69, 9.17) is 20.1 Å². The molecule has 0 aromatic rings. The summed E-state index contributed by atoms with van der Waals surface area (Å²) in [6, 6.07) is 0. The Hall–Kier alpha value is 0.0400. The van der Waals surface area contributed by atoms with Crippen molar-refractivity contribution in [1.29, 1.82) is 0 Å². The second kappa shape index (κ2) is 14.4. The first-order valence-electron chi connectivity index (χ1n) is 6.12. The Bertz CT molecular complexity index is 205. The van der Waals surface area contributed by atoms with Crippen molar-refractivity contribution >= 4 is 5.97 Å². The zero-order valence-electron chi connectivity index (χ0n) is 12.3. The Balaban J connectivity index is -0.000000313. The zero-order valence-corrected chi connectivity index (χ0v) is 14.5. The van der Waals surface area contributed by atoms with E-state index in [1.807, 2.05) is 6.92 Å². The predicted octanol–water partition coefficient (Wildman–Crippen LogP) is -3.63. The molecule has 3 N–H and O–H groups in total. The molecule has 0 bridgehead atoms. The van der Waals surface area contributed by atoms with Crippen molar-refractivity contribution in [3.63, 3.8) is 0 Å². The number of hydrogen-bond acceptors (Lipinski definition) is 5. The van der Waals surface area contributed by atoms with Gasteiger partial charge in [-0.2, -0.15) is 0 Å². The third kappa shape index (κ3) is 23.5. The summed E-state index contributed by atoms with van der Waals surface area (Å²) < 4.78 is 5.84. The molecule has 0 rings (SSSR count). The van der Waals surface area contributed by atoms with Gasteiger partial charge >= 0.3 is 5.97 Å². The number of aliphatic hydroxyl groups excluding tert-OH is 3. The van der Waals surface area contributed by atoms with Gasteiger partial charge in [0.25, 0.3) is 0 Å². The van der Waals surface area contributed by atoms with Gasteiger partial charge < -0.3 is 48.5 Å². The van der Waals surface area contributed by atoms with Gasteiger partial charge in [-0.15, -0.1) is 0 Å². The summed E-state index contributed by atoms with van der Waals surface area (Å²) in [5.41, 5.74) is 0. The fraction of sp³-hybridized carbons (Fsp3) is 0.917. The van der Waals surface area contributed by atoms with Crippen LogP contribution in [0, 0.1) is 0 Å². The topological polar surface area (TPSA) is 87.0 Å². The molecular formula is C12H28INO5. The van der Waals surface area contributed by atoms with Gasteiger partial charge in [0.2, 0.25) is 0 Å². The van der Waals surface area contributed by atoms with Crippen LogP contribution in [0.3, 0.4) is 0 Å². The minimum absolute atomic E-state index is 0. The minimum atomic E-state index is -0.954. The van der Waals surface area contributed by atoms with Crippen LogP contribution in [0.15, 0.2) is 0 Å². The van der Waals surface area contributed by atoms with Crippen LogP contribution >= 0.6 is 0 Å². The van der Waals surface area contributed by atoms with E-state index < -0.39 is 6.10 Å². The van der Waals surface area contributed by atoms with E-state index in [1.165, 1.54) is 0 Å². The van der Waals surface area contributed by atoms with Crippen molar-refractivity contribution in [2.24, 2.45) is 0 Å². The Morgan fingerprint density at radius 2 is 1.68 bits per heavy atom. The largest absolute Gasteiger partial charge is 1.00 e. The molecule has 0 aliphatic carbocycles. The molecule has 0 aliphatic heterocycles. The normalized spacial score (nSPS) is 10.3. The predicted molar refractivity (Wildman–Crippen MR) is 68.9 cm³/mol. The van der Waals surface area contributed by atoms with Crippen molar-refractivity contribution in [3.8, 4) is 0 Å². The second-order valence-corrected chi connectivity index (χ2v) is 5.00. The lowest BCUT2D eigenvalue weighted by molar-refractivity contribution is -0.870. The van der Waals surface area contributed by atoms with Gasteiger partial charge in [-0.1, -0.05) is 6.92 Å². The quantitative estimate of drug-likeness (QED) is 0.236. The number of hydrogen-bond donors (Lipinski definition) is 3. The molecule has 0 saturated carbocycles. The number of nitrogens with zero attached hydrogens (tertiary/aromatic N) is 1. The van der Waals surface area contributed by atoms with Crippen LogP contribution in [0.25, 0.3) is 0 Å². The average Bonchev–Trinajstić information content (AvgIpc) is 2.27. The first-order chi connectivity index (χ1) is 8.26. The van der Waals surface area contributed by atoms with E-state index >= 15 is 0 Å². The van der Waals surface area contributed by atoms with Crippen LogP contribution in [0.2, 0.25) is 0 Å². The van der Waals surface area contributed by atoms with Gasteiger partial charge in [-0.05, 0) is 6.42 Å². The highest BCUT2D eigenvalue weighted by Gasteiger charge is 2.08. The minimum Gasteiger partial charge on any atom is -1.00 e. The van der Waals surface area contributed by atoms with Crippen molar-refractivity contribution in [2.45, 2.75) is 25.9 Å². The number of likely N-dealkylation sites (N-methyl/N-ethyl adjacent to an activating group) is 1. The van der Waals surface area contributed by atoms with Crippen molar-refractivity contribution in [3.05, 3.63) is 0 Å². The van der Waals surface area contributed by atoms with E-state index in [-0.39, 0.29) is 43.2 Å². The standard InChI is InChI=1S/C9H20NO2.C3H8O3.HI/c1-5-6-9(11)12-8-7-10(2,3)4;4-1-3(6)2-5;/h5-8H2,1-4H3;3-6H,1-2H2;1H/q+1;;/p-1. The molecule has 0 fully saturated rings. The number of ether oxygens (including phenoxy) is 1. The van der Waals surface area contributed by atoms with Crippen LogP contribution in [-0.4, -0.2) is 79.4 Å². The molecule has 0 radical (unpaired) electrons. The number of carbonyl (C=O) groups is 1. The molecule has 0 aromatic heterocycles. The highest BCUT2D eigenvalue weighted by molar-refractivity contribution is 5.69. The van der Waals surface area contributed by atoms with E-state index in [0.717, 1.165) is 17.4 Å². The van der Waals surface area contributed by atoms with Crippen LogP contribution in [0.1, 0.15) is 19.8 Å². The first kappa shape index (κ1) is 24.1. The summed E-state index contributed by atoms with van der Waals surface area (Å²) in [6.07, 6.45) is 0.449. The van der Waals surface area contributed by atoms with Gasteiger partial charge in [0.05, 0.1) is 34.4 Å². The van der Waals surface area contributed by atoms with Gasteiger partial charge in [-0.25, -0.2) is 0 Å². The summed E-state index contributed by atoms with van der Waals surface area (Å²) in [6.45, 7) is 2.64. The van der Waals surface area contributed by atoms with Crippen LogP contribution in [0.5, 0.6) is 0 Å². The molecule has 0 heterocycles. The fourth-order valence-electron chi connectivity index (χ4n) is 0.767. The maximum Gasteiger partial charge on any atom is 0.305 e. The highest BCUT2D eigenvalue weighted by Crippen LogP contribution is 1.93. The van der Waals surface area contributed by atoms with Gasteiger partial charge in [0, 0.05) is 6.42 Å². The maximum atomic E-state index is 10.9. The van der Waals surface area contributed by atoms with E-state index in [9.17, 15) is 4.79 Å². The molecule has 0 aliphatic rings. The summed E-state index contributed by atoms with van der Waals surface area (Å²) in [5, 5.41) is 24.0. The molecular weight excluding hydrogens is 365 g/mol. The lowest BCUT2D eigenvalue weighted by atomic mass is 10.3. The van der Waals surface area contributed by atoms with Crippen LogP contribution in [-0.2, 0) is 9.53 Å². The van der Waals surface area contributed by atoms with Crippen LogP contribution < -0.4 is 24.0 Å². The fourth-order valence-corrected chi connectivity index (χ4v) is 0.767. The number of carbonyl (C=O) groups excluding carboxylic acids is 1. The molecule has 0 unspecified atom stereocenters. The third-order valence-electron chi connectivity index (χ3n) is 1.90. The van der Waals surface area contributed by atoms with E-state index in [1.54, 1.807) is 0 Å². The molecule has 6 nitrogen and oxygen atoms in total.